The minimum absolute atomic E-state index is 0.260. The molecule has 0 bridgehead atoms. The smallest absolute Gasteiger partial charge is 0.340 e. The molecule has 0 aliphatic heterocycles. The zero-order valence-electron chi connectivity index (χ0n) is 19.9. The minimum atomic E-state index is -0.426. The molecule has 0 aliphatic carbocycles. The molecule has 0 amide bonds. The standard InChI is InChI=1S/C27H33NO4/c1-7-17(4)20-14-19(15-21(18(5)8-2)26(20)31-6)24-23(16-29)28-13-11-10-12-22(28)25(24)27(30)32-9-3/h10-18H,7-9H2,1-6H3. The van der Waals surface area contributed by atoms with E-state index in [0.717, 1.165) is 41.6 Å². The molecule has 0 saturated carbocycles. The molecule has 2 heterocycles. The molecular formula is C27H33NO4. The van der Waals surface area contributed by atoms with Gasteiger partial charge in [-0.2, -0.15) is 0 Å². The quantitative estimate of drug-likeness (QED) is 0.279. The number of aromatic nitrogens is 1. The Morgan fingerprint density at radius 2 is 1.69 bits per heavy atom. The fourth-order valence-corrected chi connectivity index (χ4v) is 4.28. The summed E-state index contributed by atoms with van der Waals surface area (Å²) in [6.07, 6.45) is 4.52. The number of aldehydes is 1. The first-order chi connectivity index (χ1) is 15.4. The summed E-state index contributed by atoms with van der Waals surface area (Å²) in [5, 5.41) is 0. The third-order valence-electron chi connectivity index (χ3n) is 6.40. The van der Waals surface area contributed by atoms with Crippen molar-refractivity contribution in [2.24, 2.45) is 0 Å². The Labute approximate surface area is 190 Å². The summed E-state index contributed by atoms with van der Waals surface area (Å²) >= 11 is 0. The molecule has 1 aromatic carbocycles. The number of benzene rings is 1. The highest BCUT2D eigenvalue weighted by atomic mass is 16.5. The van der Waals surface area contributed by atoms with Crippen LogP contribution in [0.25, 0.3) is 16.6 Å². The summed E-state index contributed by atoms with van der Waals surface area (Å²) in [6.45, 7) is 10.7. The highest BCUT2D eigenvalue weighted by Crippen LogP contribution is 2.43. The van der Waals surface area contributed by atoms with Crippen molar-refractivity contribution in [1.29, 1.82) is 0 Å². The van der Waals surface area contributed by atoms with Gasteiger partial charge in [0.15, 0.2) is 6.29 Å². The summed E-state index contributed by atoms with van der Waals surface area (Å²) in [4.78, 5) is 25.4. The molecule has 2 aromatic heterocycles. The fourth-order valence-electron chi connectivity index (χ4n) is 4.28. The first-order valence-electron chi connectivity index (χ1n) is 11.4. The maximum atomic E-state index is 13.1. The average molecular weight is 436 g/mol. The van der Waals surface area contributed by atoms with E-state index in [2.05, 4.69) is 39.8 Å². The molecule has 170 valence electrons. The second-order valence-electron chi connectivity index (χ2n) is 8.24. The van der Waals surface area contributed by atoms with E-state index in [1.54, 1.807) is 24.6 Å². The fraction of sp³-hybridized carbons (Fsp3) is 0.407. The van der Waals surface area contributed by atoms with E-state index >= 15 is 0 Å². The van der Waals surface area contributed by atoms with E-state index in [0.29, 0.717) is 22.3 Å². The maximum absolute atomic E-state index is 13.1. The number of methoxy groups -OCH3 is 1. The van der Waals surface area contributed by atoms with Crippen LogP contribution >= 0.6 is 0 Å². The number of nitrogens with zero attached hydrogens (tertiary/aromatic N) is 1. The van der Waals surface area contributed by atoms with Crippen LogP contribution in [0.2, 0.25) is 0 Å². The summed E-state index contributed by atoms with van der Waals surface area (Å²) in [5.74, 6) is 0.989. The second kappa shape index (κ2) is 10.0. The molecule has 3 rings (SSSR count). The van der Waals surface area contributed by atoms with Crippen LogP contribution in [0.4, 0.5) is 0 Å². The number of rotatable bonds is 9. The minimum Gasteiger partial charge on any atom is -0.496 e. The summed E-state index contributed by atoms with van der Waals surface area (Å²) in [5.41, 5.74) is 5.15. The third-order valence-corrected chi connectivity index (χ3v) is 6.40. The van der Waals surface area contributed by atoms with E-state index in [-0.39, 0.29) is 18.4 Å². The zero-order valence-corrected chi connectivity index (χ0v) is 19.9. The van der Waals surface area contributed by atoms with Gasteiger partial charge in [0.05, 0.1) is 30.5 Å². The van der Waals surface area contributed by atoms with Gasteiger partial charge in [0.2, 0.25) is 0 Å². The molecule has 32 heavy (non-hydrogen) atoms. The van der Waals surface area contributed by atoms with E-state index in [1.807, 2.05) is 18.2 Å². The number of hydrogen-bond donors (Lipinski definition) is 0. The van der Waals surface area contributed by atoms with Gasteiger partial charge in [-0.15, -0.1) is 0 Å². The van der Waals surface area contributed by atoms with Gasteiger partial charge in [-0.25, -0.2) is 4.79 Å². The van der Waals surface area contributed by atoms with Crippen LogP contribution in [0.5, 0.6) is 5.75 Å². The van der Waals surface area contributed by atoms with Crippen molar-refractivity contribution in [1.82, 2.24) is 4.40 Å². The highest BCUT2D eigenvalue weighted by molar-refractivity contribution is 6.09. The molecule has 5 nitrogen and oxygen atoms in total. The number of pyridine rings is 1. The Kier molecular flexibility index (Phi) is 7.39. The molecule has 0 saturated heterocycles. The maximum Gasteiger partial charge on any atom is 0.340 e. The molecule has 0 fully saturated rings. The van der Waals surface area contributed by atoms with Gasteiger partial charge in [-0.3, -0.25) is 4.79 Å². The van der Waals surface area contributed by atoms with Crippen molar-refractivity contribution in [3.8, 4) is 16.9 Å². The van der Waals surface area contributed by atoms with Crippen LogP contribution in [0.3, 0.4) is 0 Å². The van der Waals surface area contributed by atoms with Gasteiger partial charge in [-0.05, 0) is 72.6 Å². The monoisotopic (exact) mass is 435 g/mol. The lowest BCUT2D eigenvalue weighted by atomic mass is 9.86. The van der Waals surface area contributed by atoms with E-state index < -0.39 is 5.97 Å². The molecular weight excluding hydrogens is 402 g/mol. The van der Waals surface area contributed by atoms with E-state index in [1.165, 1.54) is 0 Å². The van der Waals surface area contributed by atoms with Gasteiger partial charge in [0, 0.05) is 11.8 Å². The lowest BCUT2D eigenvalue weighted by Gasteiger charge is -2.22. The van der Waals surface area contributed by atoms with E-state index in [4.69, 9.17) is 9.47 Å². The number of fused-ring (bicyclic) bond motifs is 1. The van der Waals surface area contributed by atoms with Crippen LogP contribution in [-0.2, 0) is 4.74 Å². The molecule has 0 spiro atoms. The Hall–Kier alpha value is -3.08. The lowest BCUT2D eigenvalue weighted by Crippen LogP contribution is -2.07. The topological polar surface area (TPSA) is 57.0 Å². The molecule has 5 heteroatoms. The largest absolute Gasteiger partial charge is 0.496 e. The normalized spacial score (nSPS) is 13.1. The highest BCUT2D eigenvalue weighted by Gasteiger charge is 2.28. The van der Waals surface area contributed by atoms with Crippen LogP contribution in [0.1, 0.15) is 91.3 Å². The lowest BCUT2D eigenvalue weighted by molar-refractivity contribution is 0.0529. The Morgan fingerprint density at radius 1 is 1.06 bits per heavy atom. The molecule has 2 unspecified atom stereocenters. The van der Waals surface area contributed by atoms with Crippen LogP contribution in [-0.4, -0.2) is 30.4 Å². The molecule has 0 aliphatic rings. The first kappa shape index (κ1) is 23.6. The molecule has 0 N–H and O–H groups in total. The van der Waals surface area contributed by atoms with Crippen molar-refractivity contribution in [2.75, 3.05) is 13.7 Å². The summed E-state index contributed by atoms with van der Waals surface area (Å²) in [7, 11) is 1.71. The van der Waals surface area contributed by atoms with Gasteiger partial charge in [0.1, 0.15) is 5.75 Å². The van der Waals surface area contributed by atoms with Gasteiger partial charge < -0.3 is 13.9 Å². The van der Waals surface area contributed by atoms with Gasteiger partial charge in [0.25, 0.3) is 0 Å². The number of esters is 1. The van der Waals surface area contributed by atoms with Crippen LogP contribution in [0.15, 0.2) is 36.5 Å². The third kappa shape index (κ3) is 4.04. The second-order valence-corrected chi connectivity index (χ2v) is 8.24. The van der Waals surface area contributed by atoms with Crippen molar-refractivity contribution in [2.45, 2.75) is 59.3 Å². The predicted molar refractivity (Wildman–Crippen MR) is 128 cm³/mol. The van der Waals surface area contributed by atoms with Gasteiger partial charge in [-0.1, -0.05) is 33.8 Å². The van der Waals surface area contributed by atoms with E-state index in [9.17, 15) is 9.59 Å². The van der Waals surface area contributed by atoms with Gasteiger partial charge >= 0.3 is 5.97 Å². The SMILES string of the molecule is CCOC(=O)c1c(-c2cc(C(C)CC)c(OC)c(C(C)CC)c2)c(C=O)n2ccccc12. The molecule has 3 aromatic rings. The van der Waals surface area contributed by atoms with Crippen LogP contribution < -0.4 is 4.74 Å². The average Bonchev–Trinajstić information content (AvgIpc) is 3.16. The number of carbonyl (C=O) groups is 2. The van der Waals surface area contributed by atoms with Crippen molar-refractivity contribution in [3.05, 3.63) is 58.9 Å². The first-order valence-corrected chi connectivity index (χ1v) is 11.4. The Balaban J connectivity index is 2.46. The number of carbonyl (C=O) groups excluding carboxylic acids is 2. The summed E-state index contributed by atoms with van der Waals surface area (Å²) < 4.78 is 13.1. The Bertz CT molecular complexity index is 1100. The van der Waals surface area contributed by atoms with Crippen molar-refractivity contribution < 1.29 is 19.1 Å². The van der Waals surface area contributed by atoms with Crippen molar-refractivity contribution in [3.63, 3.8) is 0 Å². The molecule has 2 atom stereocenters. The Morgan fingerprint density at radius 3 is 2.19 bits per heavy atom. The predicted octanol–water partition coefficient (Wildman–Crippen LogP) is 6.63. The zero-order chi connectivity index (χ0) is 23.4. The van der Waals surface area contributed by atoms with Crippen LogP contribution in [0, 0.1) is 0 Å². The molecule has 0 radical (unpaired) electrons. The van der Waals surface area contributed by atoms with Crippen molar-refractivity contribution >= 4 is 17.8 Å². The number of ether oxygens (including phenoxy) is 2. The number of hydrogen-bond acceptors (Lipinski definition) is 4. The summed E-state index contributed by atoms with van der Waals surface area (Å²) in [6, 6.07) is 9.70.